The maximum Gasteiger partial charge on any atom is 0.0621 e. The summed E-state index contributed by atoms with van der Waals surface area (Å²) in [6, 6.07) is 6.26. The fraction of sp³-hybridized carbons (Fsp3) is 0.182. The summed E-state index contributed by atoms with van der Waals surface area (Å²) in [4.78, 5) is 0. The van der Waals surface area contributed by atoms with Crippen molar-refractivity contribution in [3.05, 3.63) is 41.0 Å². The number of fused-ring (bicyclic) bond motifs is 1. The van der Waals surface area contributed by atoms with E-state index in [2.05, 4.69) is 32.0 Å². The highest BCUT2D eigenvalue weighted by atomic mass is 14.4. The van der Waals surface area contributed by atoms with Crippen LogP contribution in [0, 0.1) is 12.3 Å². The highest BCUT2D eigenvalue weighted by Gasteiger charge is 2.14. The van der Waals surface area contributed by atoms with Gasteiger partial charge in [-0.2, -0.15) is 0 Å². The number of hydrogen-bond acceptors (Lipinski definition) is 1. The van der Waals surface area contributed by atoms with Crippen molar-refractivity contribution in [1.29, 1.82) is 5.41 Å². The lowest BCUT2D eigenvalue weighted by Crippen LogP contribution is -1.91. The summed E-state index contributed by atoms with van der Waals surface area (Å²) < 4.78 is 0. The van der Waals surface area contributed by atoms with E-state index in [4.69, 9.17) is 5.41 Å². The molecule has 0 spiro atoms. The Balaban J connectivity index is 2.68. The summed E-state index contributed by atoms with van der Waals surface area (Å²) >= 11 is 0. The number of rotatable bonds is 0. The molecule has 0 saturated carbocycles. The van der Waals surface area contributed by atoms with Crippen LogP contribution in [-0.4, -0.2) is 5.71 Å². The molecule has 1 aliphatic rings. The van der Waals surface area contributed by atoms with E-state index in [0.29, 0.717) is 5.71 Å². The molecule has 0 fully saturated rings. The largest absolute Gasteiger partial charge is 0.300 e. The first-order valence-electron chi connectivity index (χ1n) is 4.07. The zero-order chi connectivity index (χ0) is 8.72. The van der Waals surface area contributed by atoms with E-state index in [9.17, 15) is 0 Å². The number of benzene rings is 1. The topological polar surface area (TPSA) is 23.9 Å². The maximum absolute atomic E-state index is 7.68. The third-order valence-electron chi connectivity index (χ3n) is 2.25. The fourth-order valence-electron chi connectivity index (χ4n) is 1.60. The van der Waals surface area contributed by atoms with Gasteiger partial charge in [-0.3, -0.25) is 0 Å². The van der Waals surface area contributed by atoms with Crippen LogP contribution in [0.1, 0.15) is 23.6 Å². The van der Waals surface area contributed by atoms with Crippen LogP contribution in [0.4, 0.5) is 0 Å². The summed E-state index contributed by atoms with van der Waals surface area (Å²) in [5, 5.41) is 7.68. The molecule has 12 heavy (non-hydrogen) atoms. The SMILES string of the molecule is CC1=CC(=N)c2cc(C)ccc21. The third kappa shape index (κ3) is 0.900. The first-order chi connectivity index (χ1) is 5.68. The van der Waals surface area contributed by atoms with Crippen molar-refractivity contribution >= 4 is 11.3 Å². The minimum Gasteiger partial charge on any atom is -0.300 e. The Morgan fingerprint density at radius 3 is 2.58 bits per heavy atom. The van der Waals surface area contributed by atoms with Crippen molar-refractivity contribution in [3.8, 4) is 0 Å². The molecule has 0 aromatic heterocycles. The monoisotopic (exact) mass is 157 g/mol. The minimum atomic E-state index is 0.645. The van der Waals surface area contributed by atoms with E-state index >= 15 is 0 Å². The van der Waals surface area contributed by atoms with Crippen LogP contribution in [0.15, 0.2) is 24.3 Å². The lowest BCUT2D eigenvalue weighted by atomic mass is 10.0. The van der Waals surface area contributed by atoms with Gasteiger partial charge in [0.25, 0.3) is 0 Å². The van der Waals surface area contributed by atoms with E-state index in [1.165, 1.54) is 16.7 Å². The van der Waals surface area contributed by atoms with Crippen LogP contribution in [0.2, 0.25) is 0 Å². The van der Waals surface area contributed by atoms with Gasteiger partial charge in [0.1, 0.15) is 0 Å². The Bertz CT molecular complexity index is 386. The molecule has 1 aromatic rings. The molecule has 1 aliphatic carbocycles. The number of hydrogen-bond donors (Lipinski definition) is 1. The smallest absolute Gasteiger partial charge is 0.0621 e. The molecular formula is C11H11N. The number of nitrogens with one attached hydrogen (secondary N) is 1. The Hall–Kier alpha value is -1.37. The van der Waals surface area contributed by atoms with E-state index in [0.717, 1.165) is 5.56 Å². The van der Waals surface area contributed by atoms with Gasteiger partial charge in [0.15, 0.2) is 0 Å². The van der Waals surface area contributed by atoms with Gasteiger partial charge in [-0.15, -0.1) is 0 Å². The van der Waals surface area contributed by atoms with Crippen molar-refractivity contribution in [2.24, 2.45) is 0 Å². The standard InChI is InChI=1S/C11H11N/c1-7-3-4-9-8(2)6-11(12)10(9)5-7/h3-6,12H,1-2H3. The van der Waals surface area contributed by atoms with Gasteiger partial charge in [0.05, 0.1) is 5.71 Å². The van der Waals surface area contributed by atoms with Crippen molar-refractivity contribution in [2.45, 2.75) is 13.8 Å². The molecule has 1 heteroatoms. The molecule has 0 amide bonds. The lowest BCUT2D eigenvalue weighted by Gasteiger charge is -2.01. The molecule has 1 N–H and O–H groups in total. The Morgan fingerprint density at radius 2 is 1.83 bits per heavy atom. The van der Waals surface area contributed by atoms with E-state index in [-0.39, 0.29) is 0 Å². The number of aryl methyl sites for hydroxylation is 1. The highest BCUT2D eigenvalue weighted by molar-refractivity contribution is 6.17. The molecule has 2 rings (SSSR count). The van der Waals surface area contributed by atoms with Crippen molar-refractivity contribution in [3.63, 3.8) is 0 Å². The molecule has 0 bridgehead atoms. The molecular weight excluding hydrogens is 146 g/mol. The first-order valence-corrected chi connectivity index (χ1v) is 4.07. The van der Waals surface area contributed by atoms with Gasteiger partial charge in [0, 0.05) is 5.56 Å². The fourth-order valence-corrected chi connectivity index (χ4v) is 1.60. The van der Waals surface area contributed by atoms with Crippen molar-refractivity contribution in [2.75, 3.05) is 0 Å². The molecule has 0 radical (unpaired) electrons. The second kappa shape index (κ2) is 2.31. The quantitative estimate of drug-likeness (QED) is 0.598. The van der Waals surface area contributed by atoms with Gasteiger partial charge in [-0.05, 0) is 37.1 Å². The zero-order valence-corrected chi connectivity index (χ0v) is 7.31. The van der Waals surface area contributed by atoms with Gasteiger partial charge in [0.2, 0.25) is 0 Å². The van der Waals surface area contributed by atoms with E-state index < -0.39 is 0 Å². The predicted molar refractivity (Wildman–Crippen MR) is 51.7 cm³/mol. The van der Waals surface area contributed by atoms with Gasteiger partial charge >= 0.3 is 0 Å². The van der Waals surface area contributed by atoms with E-state index in [1.807, 2.05) is 6.08 Å². The van der Waals surface area contributed by atoms with Crippen molar-refractivity contribution in [1.82, 2.24) is 0 Å². The normalized spacial score (nSPS) is 14.5. The lowest BCUT2D eigenvalue weighted by molar-refractivity contribution is 1.42. The second-order valence-electron chi connectivity index (χ2n) is 3.29. The van der Waals surface area contributed by atoms with Gasteiger partial charge in [-0.1, -0.05) is 17.7 Å². The molecule has 0 saturated heterocycles. The van der Waals surface area contributed by atoms with Crippen LogP contribution in [-0.2, 0) is 0 Å². The molecule has 1 nitrogen and oxygen atoms in total. The van der Waals surface area contributed by atoms with Crippen LogP contribution in [0.5, 0.6) is 0 Å². The highest BCUT2D eigenvalue weighted by Crippen LogP contribution is 2.27. The Labute approximate surface area is 72.2 Å². The van der Waals surface area contributed by atoms with Crippen LogP contribution >= 0.6 is 0 Å². The van der Waals surface area contributed by atoms with Crippen LogP contribution in [0.3, 0.4) is 0 Å². The predicted octanol–water partition coefficient (Wildman–Crippen LogP) is 2.78. The minimum absolute atomic E-state index is 0.645. The third-order valence-corrected chi connectivity index (χ3v) is 2.25. The first kappa shape index (κ1) is 7.29. The van der Waals surface area contributed by atoms with Crippen LogP contribution < -0.4 is 0 Å². The van der Waals surface area contributed by atoms with Gasteiger partial charge < -0.3 is 5.41 Å². The summed E-state index contributed by atoms with van der Waals surface area (Å²) in [5.74, 6) is 0. The van der Waals surface area contributed by atoms with Crippen LogP contribution in [0.25, 0.3) is 5.57 Å². The molecule has 0 atom stereocenters. The maximum atomic E-state index is 7.68. The Morgan fingerprint density at radius 1 is 1.08 bits per heavy atom. The average Bonchev–Trinajstić information content (AvgIpc) is 2.28. The summed E-state index contributed by atoms with van der Waals surface area (Å²) in [5.41, 5.74) is 5.36. The summed E-state index contributed by atoms with van der Waals surface area (Å²) in [6.45, 7) is 4.11. The van der Waals surface area contributed by atoms with E-state index in [1.54, 1.807) is 0 Å². The molecule has 0 unspecified atom stereocenters. The molecule has 60 valence electrons. The molecule has 0 heterocycles. The Kier molecular flexibility index (Phi) is 1.40. The molecule has 1 aromatic carbocycles. The average molecular weight is 157 g/mol. The second-order valence-corrected chi connectivity index (χ2v) is 3.29. The summed E-state index contributed by atoms with van der Waals surface area (Å²) in [7, 11) is 0. The van der Waals surface area contributed by atoms with Crippen molar-refractivity contribution < 1.29 is 0 Å². The summed E-state index contributed by atoms with van der Waals surface area (Å²) in [6.07, 6.45) is 1.92. The van der Waals surface area contributed by atoms with Gasteiger partial charge in [-0.25, -0.2) is 0 Å². The number of allylic oxidation sites excluding steroid dienone is 2. The molecule has 0 aliphatic heterocycles. The zero-order valence-electron chi connectivity index (χ0n) is 7.31.